The Bertz CT molecular complexity index is 309. The molecule has 0 heterocycles. The summed E-state index contributed by atoms with van der Waals surface area (Å²) in [6, 6.07) is 0. The standard InChI is InChI=1S/C13H20O4/c1-3-6-13(16-2)7-4-12(5-8-13)17-10-11(15)9-14/h3-5,7,11,14-15H,1,6,8-10H2,2H3. The number of rotatable bonds is 7. The molecule has 0 saturated heterocycles. The Balaban J connectivity index is 2.49. The van der Waals surface area contributed by atoms with Crippen molar-refractivity contribution in [3.05, 3.63) is 36.6 Å². The van der Waals surface area contributed by atoms with Crippen LogP contribution in [-0.2, 0) is 9.47 Å². The van der Waals surface area contributed by atoms with Gasteiger partial charge in [-0.1, -0.05) is 6.08 Å². The molecule has 1 aliphatic rings. The lowest BCUT2D eigenvalue weighted by molar-refractivity contribution is 0.0230. The zero-order valence-electron chi connectivity index (χ0n) is 10.1. The first kappa shape index (κ1) is 14.0. The molecule has 1 aliphatic carbocycles. The van der Waals surface area contributed by atoms with E-state index in [9.17, 15) is 0 Å². The van der Waals surface area contributed by atoms with Crippen LogP contribution < -0.4 is 0 Å². The van der Waals surface area contributed by atoms with E-state index in [0.717, 1.165) is 6.42 Å². The van der Waals surface area contributed by atoms with E-state index in [4.69, 9.17) is 19.7 Å². The van der Waals surface area contributed by atoms with Crippen LogP contribution in [0.2, 0.25) is 0 Å². The maximum absolute atomic E-state index is 9.16. The fourth-order valence-corrected chi connectivity index (χ4v) is 1.63. The van der Waals surface area contributed by atoms with Crippen LogP contribution in [0, 0.1) is 0 Å². The first-order valence-electron chi connectivity index (χ1n) is 5.63. The second-order valence-corrected chi connectivity index (χ2v) is 4.05. The molecule has 17 heavy (non-hydrogen) atoms. The van der Waals surface area contributed by atoms with Crippen molar-refractivity contribution >= 4 is 0 Å². The number of allylic oxidation sites excluding steroid dienone is 1. The Kier molecular flexibility index (Phi) is 5.41. The Labute approximate surface area is 102 Å². The molecule has 0 fully saturated rings. The lowest BCUT2D eigenvalue weighted by Gasteiger charge is -2.29. The molecular formula is C13H20O4. The van der Waals surface area contributed by atoms with Gasteiger partial charge in [0.2, 0.25) is 0 Å². The van der Waals surface area contributed by atoms with E-state index in [1.807, 2.05) is 24.3 Å². The Morgan fingerprint density at radius 3 is 2.88 bits per heavy atom. The molecule has 0 aromatic rings. The smallest absolute Gasteiger partial charge is 0.116 e. The maximum Gasteiger partial charge on any atom is 0.116 e. The lowest BCUT2D eigenvalue weighted by Crippen LogP contribution is -2.29. The van der Waals surface area contributed by atoms with Crippen molar-refractivity contribution < 1.29 is 19.7 Å². The van der Waals surface area contributed by atoms with Gasteiger partial charge in [-0.05, 0) is 24.6 Å². The minimum Gasteiger partial charge on any atom is -0.491 e. The molecule has 2 unspecified atom stereocenters. The van der Waals surface area contributed by atoms with Gasteiger partial charge in [0, 0.05) is 13.5 Å². The third-order valence-corrected chi connectivity index (χ3v) is 2.75. The summed E-state index contributed by atoms with van der Waals surface area (Å²) in [7, 11) is 1.67. The van der Waals surface area contributed by atoms with Crippen molar-refractivity contribution in [2.24, 2.45) is 0 Å². The first-order chi connectivity index (χ1) is 8.15. The second kappa shape index (κ2) is 6.59. The minimum absolute atomic E-state index is 0.0914. The molecular weight excluding hydrogens is 220 g/mol. The summed E-state index contributed by atoms with van der Waals surface area (Å²) < 4.78 is 10.8. The van der Waals surface area contributed by atoms with Gasteiger partial charge in [0.05, 0.1) is 12.2 Å². The van der Waals surface area contributed by atoms with Gasteiger partial charge in [-0.25, -0.2) is 0 Å². The average molecular weight is 240 g/mol. The van der Waals surface area contributed by atoms with Crippen molar-refractivity contribution in [1.82, 2.24) is 0 Å². The van der Waals surface area contributed by atoms with Crippen LogP contribution >= 0.6 is 0 Å². The Morgan fingerprint density at radius 2 is 2.41 bits per heavy atom. The summed E-state index contributed by atoms with van der Waals surface area (Å²) in [5, 5.41) is 17.8. The van der Waals surface area contributed by atoms with Gasteiger partial charge in [0.25, 0.3) is 0 Å². The molecule has 1 rings (SSSR count). The number of methoxy groups -OCH3 is 1. The topological polar surface area (TPSA) is 58.9 Å². The summed E-state index contributed by atoms with van der Waals surface area (Å²) in [5.41, 5.74) is -0.329. The molecule has 0 bridgehead atoms. The van der Waals surface area contributed by atoms with Gasteiger partial charge in [-0.15, -0.1) is 6.58 Å². The molecule has 4 heteroatoms. The highest BCUT2D eigenvalue weighted by atomic mass is 16.5. The third-order valence-electron chi connectivity index (χ3n) is 2.75. The van der Waals surface area contributed by atoms with Crippen LogP contribution in [-0.4, -0.2) is 42.2 Å². The van der Waals surface area contributed by atoms with Crippen molar-refractivity contribution in [1.29, 1.82) is 0 Å². The SMILES string of the molecule is C=CCC1(OC)C=CC(OCC(O)CO)=CC1. The molecule has 2 atom stereocenters. The number of hydrogen-bond donors (Lipinski definition) is 2. The highest BCUT2D eigenvalue weighted by molar-refractivity contribution is 5.24. The number of aliphatic hydroxyl groups is 2. The normalized spacial score (nSPS) is 25.2. The largest absolute Gasteiger partial charge is 0.491 e. The molecule has 2 N–H and O–H groups in total. The molecule has 0 saturated carbocycles. The Hall–Kier alpha value is -1.10. The molecule has 0 radical (unpaired) electrons. The summed E-state index contributed by atoms with van der Waals surface area (Å²) in [6.45, 7) is 3.51. The number of aliphatic hydroxyl groups excluding tert-OH is 2. The fraction of sp³-hybridized carbons (Fsp3) is 0.538. The minimum atomic E-state index is -0.841. The summed E-state index contributed by atoms with van der Waals surface area (Å²) in [5.74, 6) is 0.689. The van der Waals surface area contributed by atoms with E-state index < -0.39 is 6.10 Å². The predicted octanol–water partition coefficient (Wildman–Crippen LogP) is 1.16. The van der Waals surface area contributed by atoms with Crippen LogP contribution in [0.1, 0.15) is 12.8 Å². The van der Waals surface area contributed by atoms with Gasteiger partial charge >= 0.3 is 0 Å². The molecule has 0 aromatic carbocycles. The zero-order chi connectivity index (χ0) is 12.7. The van der Waals surface area contributed by atoms with Crippen molar-refractivity contribution in [3.8, 4) is 0 Å². The van der Waals surface area contributed by atoms with Gasteiger partial charge < -0.3 is 19.7 Å². The van der Waals surface area contributed by atoms with E-state index in [-0.39, 0.29) is 18.8 Å². The van der Waals surface area contributed by atoms with E-state index in [1.54, 1.807) is 7.11 Å². The lowest BCUT2D eigenvalue weighted by atomic mass is 9.91. The molecule has 0 aliphatic heterocycles. The highest BCUT2D eigenvalue weighted by Gasteiger charge is 2.26. The van der Waals surface area contributed by atoms with Crippen LogP contribution in [0.4, 0.5) is 0 Å². The Morgan fingerprint density at radius 1 is 1.65 bits per heavy atom. The van der Waals surface area contributed by atoms with Crippen LogP contribution in [0.3, 0.4) is 0 Å². The number of hydrogen-bond acceptors (Lipinski definition) is 4. The van der Waals surface area contributed by atoms with Crippen LogP contribution in [0.25, 0.3) is 0 Å². The second-order valence-electron chi connectivity index (χ2n) is 4.05. The molecule has 0 amide bonds. The van der Waals surface area contributed by atoms with E-state index in [0.29, 0.717) is 12.2 Å². The quantitative estimate of drug-likeness (QED) is 0.656. The van der Waals surface area contributed by atoms with Crippen molar-refractivity contribution in [3.63, 3.8) is 0 Å². The van der Waals surface area contributed by atoms with E-state index >= 15 is 0 Å². The zero-order valence-corrected chi connectivity index (χ0v) is 10.1. The van der Waals surface area contributed by atoms with Crippen LogP contribution in [0.15, 0.2) is 36.6 Å². The molecule has 0 spiro atoms. The third kappa shape index (κ3) is 4.00. The van der Waals surface area contributed by atoms with Gasteiger partial charge in [-0.2, -0.15) is 0 Å². The van der Waals surface area contributed by atoms with Gasteiger partial charge in [0.1, 0.15) is 18.5 Å². The number of ether oxygens (including phenoxy) is 2. The molecule has 4 nitrogen and oxygen atoms in total. The monoisotopic (exact) mass is 240 g/mol. The predicted molar refractivity (Wildman–Crippen MR) is 65.4 cm³/mol. The van der Waals surface area contributed by atoms with Crippen LogP contribution in [0.5, 0.6) is 0 Å². The summed E-state index contributed by atoms with van der Waals surface area (Å²) in [6.07, 6.45) is 8.10. The molecule has 0 aromatic heterocycles. The maximum atomic E-state index is 9.16. The van der Waals surface area contributed by atoms with E-state index in [2.05, 4.69) is 6.58 Å². The first-order valence-corrected chi connectivity index (χ1v) is 5.63. The van der Waals surface area contributed by atoms with Crippen molar-refractivity contribution in [2.45, 2.75) is 24.5 Å². The summed E-state index contributed by atoms with van der Waals surface area (Å²) >= 11 is 0. The van der Waals surface area contributed by atoms with Crippen molar-refractivity contribution in [2.75, 3.05) is 20.3 Å². The van der Waals surface area contributed by atoms with E-state index in [1.165, 1.54) is 0 Å². The fourth-order valence-electron chi connectivity index (χ4n) is 1.63. The molecule has 96 valence electrons. The van der Waals surface area contributed by atoms with Gasteiger partial charge in [0.15, 0.2) is 0 Å². The summed E-state index contributed by atoms with van der Waals surface area (Å²) in [4.78, 5) is 0. The van der Waals surface area contributed by atoms with Gasteiger partial charge in [-0.3, -0.25) is 0 Å². The highest BCUT2D eigenvalue weighted by Crippen LogP contribution is 2.28. The average Bonchev–Trinajstić information content (AvgIpc) is 2.38.